The fraction of sp³-hybridized carbons (Fsp3) is 0.571. The normalized spacial score (nSPS) is 24.0. The van der Waals surface area contributed by atoms with Crippen LogP contribution in [0.4, 0.5) is 4.39 Å². The molecule has 94 valence electrons. The first-order valence-corrected chi connectivity index (χ1v) is 7.01. The van der Waals surface area contributed by atoms with Gasteiger partial charge in [0, 0.05) is 6.07 Å². The summed E-state index contributed by atoms with van der Waals surface area (Å²) in [6.45, 7) is 3.97. The van der Waals surface area contributed by atoms with E-state index in [2.05, 4.69) is 22.9 Å². The van der Waals surface area contributed by atoms with Crippen LogP contribution in [0.1, 0.15) is 38.2 Å². The third-order valence-electron chi connectivity index (χ3n) is 3.58. The van der Waals surface area contributed by atoms with Crippen molar-refractivity contribution in [3.63, 3.8) is 0 Å². The predicted octanol–water partition coefficient (Wildman–Crippen LogP) is 4.85. The number of benzene rings is 1. The molecule has 0 aliphatic heterocycles. The van der Waals surface area contributed by atoms with Gasteiger partial charge in [0.25, 0.3) is 0 Å². The maximum absolute atomic E-state index is 13.5. The van der Waals surface area contributed by atoms with E-state index in [0.29, 0.717) is 11.3 Å². The van der Waals surface area contributed by atoms with Crippen LogP contribution in [-0.2, 0) is 0 Å². The van der Waals surface area contributed by atoms with Crippen molar-refractivity contribution in [2.45, 2.75) is 45.6 Å². The lowest BCUT2D eigenvalue weighted by Gasteiger charge is -2.15. The van der Waals surface area contributed by atoms with Crippen LogP contribution >= 0.6 is 15.9 Å². The zero-order valence-electron chi connectivity index (χ0n) is 10.3. The minimum absolute atomic E-state index is 0.201. The van der Waals surface area contributed by atoms with Crippen molar-refractivity contribution in [3.05, 3.63) is 28.0 Å². The van der Waals surface area contributed by atoms with E-state index in [4.69, 9.17) is 4.74 Å². The Balaban J connectivity index is 2.06. The largest absolute Gasteiger partial charge is 0.489 e. The molecule has 0 aromatic heterocycles. The Morgan fingerprint density at radius 2 is 2.18 bits per heavy atom. The highest BCUT2D eigenvalue weighted by molar-refractivity contribution is 9.10. The predicted molar refractivity (Wildman–Crippen MR) is 70.9 cm³/mol. The average molecular weight is 301 g/mol. The van der Waals surface area contributed by atoms with Crippen molar-refractivity contribution >= 4 is 15.9 Å². The van der Waals surface area contributed by atoms with Crippen LogP contribution in [0.2, 0.25) is 0 Å². The molecule has 0 N–H and O–H groups in total. The smallest absolute Gasteiger partial charge is 0.136 e. The van der Waals surface area contributed by atoms with E-state index in [1.54, 1.807) is 13.0 Å². The van der Waals surface area contributed by atoms with Crippen LogP contribution in [0.3, 0.4) is 0 Å². The second kappa shape index (κ2) is 5.38. The molecule has 0 radical (unpaired) electrons. The van der Waals surface area contributed by atoms with E-state index in [-0.39, 0.29) is 11.9 Å². The Morgan fingerprint density at radius 1 is 1.41 bits per heavy atom. The second-order valence-electron chi connectivity index (χ2n) is 4.86. The Hall–Kier alpha value is -0.570. The molecule has 1 nitrogen and oxygen atoms in total. The molecule has 0 amide bonds. The van der Waals surface area contributed by atoms with Gasteiger partial charge in [-0.3, -0.25) is 0 Å². The van der Waals surface area contributed by atoms with Crippen LogP contribution in [-0.4, -0.2) is 6.10 Å². The standard InChI is InChI=1S/C14H18BrFO/c1-3-10-4-5-11(7-10)17-14-8-13(16)9(2)6-12(14)15/h6,8,10-11H,3-5,7H2,1-2H3/t10-,11-/m1/s1. The van der Waals surface area contributed by atoms with E-state index in [1.807, 2.05) is 0 Å². The highest BCUT2D eigenvalue weighted by Gasteiger charge is 2.25. The topological polar surface area (TPSA) is 9.23 Å². The van der Waals surface area contributed by atoms with Crippen molar-refractivity contribution in [2.24, 2.45) is 5.92 Å². The van der Waals surface area contributed by atoms with Crippen molar-refractivity contribution in [3.8, 4) is 5.75 Å². The van der Waals surface area contributed by atoms with Gasteiger partial charge in [0.2, 0.25) is 0 Å². The van der Waals surface area contributed by atoms with E-state index in [9.17, 15) is 4.39 Å². The summed E-state index contributed by atoms with van der Waals surface area (Å²) in [7, 11) is 0. The summed E-state index contributed by atoms with van der Waals surface area (Å²) in [5, 5.41) is 0. The molecule has 17 heavy (non-hydrogen) atoms. The lowest BCUT2D eigenvalue weighted by atomic mass is 10.1. The molecule has 0 saturated heterocycles. The van der Waals surface area contributed by atoms with Gasteiger partial charge in [0.1, 0.15) is 11.6 Å². The van der Waals surface area contributed by atoms with Crippen LogP contribution < -0.4 is 4.74 Å². The zero-order valence-corrected chi connectivity index (χ0v) is 11.9. The maximum atomic E-state index is 13.5. The van der Waals surface area contributed by atoms with E-state index < -0.39 is 0 Å². The maximum Gasteiger partial charge on any atom is 0.136 e. The first-order chi connectivity index (χ1) is 8.10. The van der Waals surface area contributed by atoms with Gasteiger partial charge in [0.15, 0.2) is 0 Å². The molecule has 1 aromatic rings. The van der Waals surface area contributed by atoms with E-state index in [0.717, 1.165) is 23.2 Å². The minimum Gasteiger partial charge on any atom is -0.489 e. The summed E-state index contributed by atoms with van der Waals surface area (Å²) in [4.78, 5) is 0. The van der Waals surface area contributed by atoms with Gasteiger partial charge in [-0.2, -0.15) is 0 Å². The van der Waals surface area contributed by atoms with Crippen molar-refractivity contribution < 1.29 is 9.13 Å². The van der Waals surface area contributed by atoms with Crippen LogP contribution in [0.5, 0.6) is 5.75 Å². The molecule has 1 saturated carbocycles. The lowest BCUT2D eigenvalue weighted by Crippen LogP contribution is -2.12. The highest BCUT2D eigenvalue weighted by atomic mass is 79.9. The van der Waals surface area contributed by atoms with Crippen molar-refractivity contribution in [2.75, 3.05) is 0 Å². The molecule has 0 unspecified atom stereocenters. The van der Waals surface area contributed by atoms with Gasteiger partial charge in [-0.25, -0.2) is 4.39 Å². The summed E-state index contributed by atoms with van der Waals surface area (Å²) < 4.78 is 20.2. The number of ether oxygens (including phenoxy) is 1. The van der Waals surface area contributed by atoms with E-state index >= 15 is 0 Å². The second-order valence-corrected chi connectivity index (χ2v) is 5.71. The van der Waals surface area contributed by atoms with Gasteiger partial charge in [-0.1, -0.05) is 13.3 Å². The van der Waals surface area contributed by atoms with Gasteiger partial charge in [0.05, 0.1) is 10.6 Å². The molecule has 2 rings (SSSR count). The molecule has 0 heterocycles. The molecule has 0 spiro atoms. The molecule has 1 fully saturated rings. The van der Waals surface area contributed by atoms with Crippen molar-refractivity contribution in [1.82, 2.24) is 0 Å². The molecule has 1 aliphatic carbocycles. The van der Waals surface area contributed by atoms with Gasteiger partial charge < -0.3 is 4.74 Å². The number of halogens is 2. The molecule has 1 aromatic carbocycles. The number of rotatable bonds is 3. The first kappa shape index (κ1) is 12.9. The fourth-order valence-electron chi connectivity index (χ4n) is 2.40. The van der Waals surface area contributed by atoms with Gasteiger partial charge in [-0.15, -0.1) is 0 Å². The Kier molecular flexibility index (Phi) is 4.08. The van der Waals surface area contributed by atoms with E-state index in [1.165, 1.54) is 18.9 Å². The first-order valence-electron chi connectivity index (χ1n) is 6.22. The lowest BCUT2D eigenvalue weighted by molar-refractivity contribution is 0.201. The molecular weight excluding hydrogens is 283 g/mol. The van der Waals surface area contributed by atoms with Crippen LogP contribution in [0, 0.1) is 18.7 Å². The van der Waals surface area contributed by atoms with Crippen LogP contribution in [0.25, 0.3) is 0 Å². The Bertz CT molecular complexity index is 405. The zero-order chi connectivity index (χ0) is 12.4. The molecule has 0 bridgehead atoms. The number of aryl methyl sites for hydroxylation is 1. The summed E-state index contributed by atoms with van der Waals surface area (Å²) >= 11 is 3.43. The summed E-state index contributed by atoms with van der Waals surface area (Å²) in [6.07, 6.45) is 4.87. The minimum atomic E-state index is -0.201. The molecular formula is C14H18BrFO. The molecule has 3 heteroatoms. The number of hydrogen-bond donors (Lipinski definition) is 0. The SMILES string of the molecule is CC[C@@H]1CC[C@@H](Oc2cc(F)c(C)cc2Br)C1. The van der Waals surface area contributed by atoms with Gasteiger partial charge in [-0.05, 0) is 59.7 Å². The Morgan fingerprint density at radius 3 is 2.82 bits per heavy atom. The molecule has 1 aliphatic rings. The summed E-state index contributed by atoms with van der Waals surface area (Å²) in [5.41, 5.74) is 0.641. The van der Waals surface area contributed by atoms with Crippen LogP contribution in [0.15, 0.2) is 16.6 Å². The monoisotopic (exact) mass is 300 g/mol. The van der Waals surface area contributed by atoms with Crippen molar-refractivity contribution in [1.29, 1.82) is 0 Å². The Labute approximate surface area is 110 Å². The molecule has 2 atom stereocenters. The highest BCUT2D eigenvalue weighted by Crippen LogP contribution is 2.34. The third-order valence-corrected chi connectivity index (χ3v) is 4.20. The fourth-order valence-corrected chi connectivity index (χ4v) is 2.96. The summed E-state index contributed by atoms with van der Waals surface area (Å²) in [5.74, 6) is 1.21. The average Bonchev–Trinajstić information content (AvgIpc) is 2.73. The number of hydrogen-bond acceptors (Lipinski definition) is 1. The third kappa shape index (κ3) is 3.01. The van der Waals surface area contributed by atoms with Gasteiger partial charge >= 0.3 is 0 Å². The summed E-state index contributed by atoms with van der Waals surface area (Å²) in [6, 6.07) is 3.26. The quantitative estimate of drug-likeness (QED) is 0.775.